The van der Waals surface area contributed by atoms with E-state index in [0.29, 0.717) is 30.3 Å². The molecule has 0 aliphatic carbocycles. The number of hydrogen-bond donors (Lipinski definition) is 2. The minimum Gasteiger partial charge on any atom is -0.362 e. The normalized spacial score (nSPS) is 11.4. The van der Waals surface area contributed by atoms with E-state index < -0.39 is 11.9 Å². The summed E-state index contributed by atoms with van der Waals surface area (Å²) in [6.07, 6.45) is -3.81. The SMILES string of the molecule is Cc1ccc(C)c(NC(=S)NCCCn2nc(C(F)(F)F)cc2C)c1. The van der Waals surface area contributed by atoms with Gasteiger partial charge in [-0.2, -0.15) is 18.3 Å². The Balaban J connectivity index is 1.80. The minimum absolute atomic E-state index is 0.390. The zero-order valence-electron chi connectivity index (χ0n) is 14.4. The molecule has 0 saturated carbocycles. The molecule has 0 fully saturated rings. The molecule has 1 aromatic heterocycles. The van der Waals surface area contributed by atoms with E-state index in [1.165, 1.54) is 4.68 Å². The quantitative estimate of drug-likeness (QED) is 0.611. The van der Waals surface area contributed by atoms with E-state index in [1.54, 1.807) is 6.92 Å². The topological polar surface area (TPSA) is 41.9 Å². The van der Waals surface area contributed by atoms with Gasteiger partial charge < -0.3 is 10.6 Å². The third-order valence-electron chi connectivity index (χ3n) is 3.75. The van der Waals surface area contributed by atoms with Crippen LogP contribution in [0, 0.1) is 20.8 Å². The van der Waals surface area contributed by atoms with E-state index in [9.17, 15) is 13.2 Å². The molecule has 1 aromatic carbocycles. The molecule has 2 aromatic rings. The Kier molecular flexibility index (Phi) is 6.05. The summed E-state index contributed by atoms with van der Waals surface area (Å²) in [7, 11) is 0. The van der Waals surface area contributed by atoms with Gasteiger partial charge in [0.25, 0.3) is 0 Å². The largest absolute Gasteiger partial charge is 0.435 e. The molecule has 8 heteroatoms. The molecule has 0 saturated heterocycles. The minimum atomic E-state index is -4.41. The van der Waals surface area contributed by atoms with Crippen LogP contribution in [0.15, 0.2) is 24.3 Å². The Labute approximate surface area is 150 Å². The van der Waals surface area contributed by atoms with Gasteiger partial charge in [0.05, 0.1) is 0 Å². The predicted octanol–water partition coefficient (Wildman–Crippen LogP) is 4.20. The molecule has 0 bridgehead atoms. The fourth-order valence-corrected chi connectivity index (χ4v) is 2.55. The molecule has 0 aliphatic rings. The third-order valence-corrected chi connectivity index (χ3v) is 3.99. The van der Waals surface area contributed by atoms with Crippen molar-refractivity contribution in [1.82, 2.24) is 15.1 Å². The van der Waals surface area contributed by atoms with Gasteiger partial charge in [0.1, 0.15) is 0 Å². The highest BCUT2D eigenvalue weighted by Gasteiger charge is 2.34. The fraction of sp³-hybridized carbons (Fsp3) is 0.412. The number of nitrogens with one attached hydrogen (secondary N) is 2. The number of aromatic nitrogens is 2. The lowest BCUT2D eigenvalue weighted by Crippen LogP contribution is -2.30. The van der Waals surface area contributed by atoms with Gasteiger partial charge in [-0.15, -0.1) is 0 Å². The number of anilines is 1. The number of halogens is 3. The molecule has 0 radical (unpaired) electrons. The second-order valence-electron chi connectivity index (χ2n) is 5.94. The van der Waals surface area contributed by atoms with Crippen LogP contribution in [-0.4, -0.2) is 21.4 Å². The highest BCUT2D eigenvalue weighted by atomic mass is 32.1. The smallest absolute Gasteiger partial charge is 0.362 e. The van der Waals surface area contributed by atoms with Crippen LogP contribution in [0.3, 0.4) is 0 Å². The van der Waals surface area contributed by atoms with E-state index in [-0.39, 0.29) is 0 Å². The predicted molar refractivity (Wildman–Crippen MR) is 96.7 cm³/mol. The number of alkyl halides is 3. The van der Waals surface area contributed by atoms with E-state index >= 15 is 0 Å². The molecule has 1 heterocycles. The van der Waals surface area contributed by atoms with Crippen LogP contribution in [0.4, 0.5) is 18.9 Å². The summed E-state index contributed by atoms with van der Waals surface area (Å²) in [6.45, 7) is 6.53. The number of hydrogen-bond acceptors (Lipinski definition) is 2. The number of nitrogens with zero attached hydrogens (tertiary/aromatic N) is 2. The average molecular weight is 370 g/mol. The summed E-state index contributed by atoms with van der Waals surface area (Å²) < 4.78 is 39.3. The molecular weight excluding hydrogens is 349 g/mol. The van der Waals surface area contributed by atoms with Crippen LogP contribution in [0.1, 0.15) is 28.9 Å². The zero-order chi connectivity index (χ0) is 18.6. The molecule has 0 amide bonds. The Morgan fingerprint density at radius 3 is 2.56 bits per heavy atom. The van der Waals surface area contributed by atoms with Crippen LogP contribution >= 0.6 is 12.2 Å². The molecule has 4 nitrogen and oxygen atoms in total. The monoisotopic (exact) mass is 370 g/mol. The van der Waals surface area contributed by atoms with E-state index in [1.807, 2.05) is 32.0 Å². The fourth-order valence-electron chi connectivity index (χ4n) is 2.34. The van der Waals surface area contributed by atoms with Crippen molar-refractivity contribution in [2.75, 3.05) is 11.9 Å². The van der Waals surface area contributed by atoms with Crippen LogP contribution < -0.4 is 10.6 Å². The summed E-state index contributed by atoms with van der Waals surface area (Å²) in [5, 5.41) is 10.3. The lowest BCUT2D eigenvalue weighted by Gasteiger charge is -2.13. The lowest BCUT2D eigenvalue weighted by atomic mass is 10.1. The first kappa shape index (κ1) is 19.2. The Morgan fingerprint density at radius 2 is 1.92 bits per heavy atom. The first-order valence-corrected chi connectivity index (χ1v) is 8.31. The summed E-state index contributed by atoms with van der Waals surface area (Å²) in [5.74, 6) is 0. The van der Waals surface area contributed by atoms with Crippen molar-refractivity contribution in [3.05, 3.63) is 46.8 Å². The third kappa shape index (κ3) is 5.45. The molecule has 2 N–H and O–H groups in total. The summed E-state index contributed by atoms with van der Waals surface area (Å²) in [6, 6.07) is 7.10. The summed E-state index contributed by atoms with van der Waals surface area (Å²) in [4.78, 5) is 0. The first-order chi connectivity index (χ1) is 11.7. The molecule has 0 unspecified atom stereocenters. The Morgan fingerprint density at radius 1 is 1.20 bits per heavy atom. The first-order valence-electron chi connectivity index (χ1n) is 7.90. The van der Waals surface area contributed by atoms with E-state index in [0.717, 1.165) is 22.9 Å². The Hall–Kier alpha value is -2.09. The van der Waals surface area contributed by atoms with E-state index in [2.05, 4.69) is 15.7 Å². The standard InChI is InChI=1S/C17H21F3N4S/c1-11-5-6-12(2)14(9-11)22-16(25)21-7-4-8-24-13(3)10-15(23-24)17(18,19)20/h5-6,9-10H,4,7-8H2,1-3H3,(H2,21,22,25). The van der Waals surface area contributed by atoms with Crippen molar-refractivity contribution in [2.24, 2.45) is 0 Å². The van der Waals surface area contributed by atoms with E-state index in [4.69, 9.17) is 12.2 Å². The number of thiocarbonyl (C=S) groups is 1. The zero-order valence-corrected chi connectivity index (χ0v) is 15.2. The highest BCUT2D eigenvalue weighted by molar-refractivity contribution is 7.80. The van der Waals surface area contributed by atoms with Gasteiger partial charge in [-0.3, -0.25) is 4.68 Å². The second kappa shape index (κ2) is 7.86. The molecule has 0 spiro atoms. The Bertz CT molecular complexity index is 753. The van der Waals surface area contributed by atoms with Gasteiger partial charge in [0.2, 0.25) is 0 Å². The summed E-state index contributed by atoms with van der Waals surface area (Å²) in [5.41, 5.74) is 2.79. The number of rotatable bonds is 5. The summed E-state index contributed by atoms with van der Waals surface area (Å²) >= 11 is 5.25. The van der Waals surface area contributed by atoms with Gasteiger partial charge in [-0.05, 0) is 62.7 Å². The van der Waals surface area contributed by atoms with Gasteiger partial charge in [-0.25, -0.2) is 0 Å². The lowest BCUT2D eigenvalue weighted by molar-refractivity contribution is -0.141. The van der Waals surface area contributed by atoms with Crippen molar-refractivity contribution in [2.45, 2.75) is 39.9 Å². The number of aryl methyl sites for hydroxylation is 4. The number of benzene rings is 1. The van der Waals surface area contributed by atoms with Crippen LogP contribution in [0.5, 0.6) is 0 Å². The van der Waals surface area contributed by atoms with Crippen molar-refractivity contribution in [3.8, 4) is 0 Å². The molecular formula is C17H21F3N4S. The van der Waals surface area contributed by atoms with Gasteiger partial charge in [-0.1, -0.05) is 12.1 Å². The molecule has 0 atom stereocenters. The molecule has 0 aliphatic heterocycles. The maximum Gasteiger partial charge on any atom is 0.435 e. The maximum absolute atomic E-state index is 12.6. The van der Waals surface area contributed by atoms with Crippen LogP contribution in [-0.2, 0) is 12.7 Å². The second-order valence-corrected chi connectivity index (χ2v) is 6.35. The van der Waals surface area contributed by atoms with Crippen LogP contribution in [0.25, 0.3) is 0 Å². The van der Waals surface area contributed by atoms with Gasteiger partial charge in [0.15, 0.2) is 10.8 Å². The van der Waals surface area contributed by atoms with Crippen LogP contribution in [0.2, 0.25) is 0 Å². The molecule has 25 heavy (non-hydrogen) atoms. The van der Waals surface area contributed by atoms with Crippen molar-refractivity contribution in [3.63, 3.8) is 0 Å². The maximum atomic E-state index is 12.6. The van der Waals surface area contributed by atoms with Gasteiger partial charge >= 0.3 is 6.18 Å². The molecule has 2 rings (SSSR count). The van der Waals surface area contributed by atoms with Crippen molar-refractivity contribution in [1.29, 1.82) is 0 Å². The highest BCUT2D eigenvalue weighted by Crippen LogP contribution is 2.28. The van der Waals surface area contributed by atoms with Crippen molar-refractivity contribution >= 4 is 23.0 Å². The molecule has 136 valence electrons. The average Bonchev–Trinajstić information content (AvgIpc) is 2.89. The van der Waals surface area contributed by atoms with Crippen molar-refractivity contribution < 1.29 is 13.2 Å². The van der Waals surface area contributed by atoms with Gasteiger partial charge in [0, 0.05) is 24.5 Å².